The number of carbonyl (C=O) groups is 4. The molecule has 8 heteroatoms. The number of hydrogen-bond acceptors (Lipinski definition) is 5. The Kier molecular flexibility index (Phi) is 5.61. The third kappa shape index (κ3) is 4.62. The number of imide groups is 1. The predicted octanol–water partition coefficient (Wildman–Crippen LogP) is 3.09. The Morgan fingerprint density at radius 2 is 1.67 bits per heavy atom. The Bertz CT molecular complexity index is 883. The van der Waals surface area contributed by atoms with Gasteiger partial charge in [-0.15, -0.1) is 0 Å². The zero-order chi connectivity index (χ0) is 24.4. The number of urea groups is 1. The molecule has 8 nitrogen and oxygen atoms in total. The van der Waals surface area contributed by atoms with E-state index in [1.54, 1.807) is 0 Å². The summed E-state index contributed by atoms with van der Waals surface area (Å²) in [6, 6.07) is -0.385. The van der Waals surface area contributed by atoms with Gasteiger partial charge in [0.15, 0.2) is 6.61 Å². The molecule has 2 aliphatic heterocycles. The summed E-state index contributed by atoms with van der Waals surface area (Å²) in [7, 11) is 0. The number of nitrogens with zero attached hydrogens (tertiary/aromatic N) is 2. The van der Waals surface area contributed by atoms with Gasteiger partial charge in [0.1, 0.15) is 12.1 Å². The SMILES string of the molecule is C[C@@H]1CC(C)(C)C[C@]2(C1)NC(=O)N(CC(=O)OCC(=O)N1C[C@@]3(C)C[C@H]1CC(C)(C)C3)C2=O. The summed E-state index contributed by atoms with van der Waals surface area (Å²) < 4.78 is 5.24. The van der Waals surface area contributed by atoms with Gasteiger partial charge in [0, 0.05) is 12.6 Å². The van der Waals surface area contributed by atoms with Crippen molar-refractivity contribution in [3.63, 3.8) is 0 Å². The van der Waals surface area contributed by atoms with Crippen LogP contribution in [0.4, 0.5) is 4.79 Å². The molecule has 1 spiro atoms. The van der Waals surface area contributed by atoms with Crippen molar-refractivity contribution in [3.8, 4) is 0 Å². The second-order valence-corrected chi connectivity index (χ2v) is 13.2. The third-order valence-electron chi connectivity index (χ3n) is 8.00. The molecule has 2 aliphatic carbocycles. The zero-order valence-corrected chi connectivity index (χ0v) is 21.0. The van der Waals surface area contributed by atoms with Crippen LogP contribution in [0.5, 0.6) is 0 Å². The van der Waals surface area contributed by atoms with E-state index in [1.807, 2.05) is 4.90 Å². The summed E-state index contributed by atoms with van der Waals surface area (Å²) in [6.07, 6.45) is 5.09. The van der Waals surface area contributed by atoms with Crippen LogP contribution < -0.4 is 5.32 Å². The molecule has 2 saturated carbocycles. The monoisotopic (exact) mass is 461 g/mol. The maximum absolute atomic E-state index is 13.2. The standard InChI is InChI=1S/C25H39N3O5/c1-16-7-22(2,3)14-25(8-16)20(31)27(21(32)26-25)11-19(30)33-12-18(29)28-15-24(6)10-17(28)9-23(4,5)13-24/h16-17H,7-15H2,1-6H3,(H,26,32)/t16-,17-,24+,25+/m1/s1. The molecule has 0 aromatic heterocycles. The van der Waals surface area contributed by atoms with Crippen LogP contribution in [-0.4, -0.2) is 64.9 Å². The predicted molar refractivity (Wildman–Crippen MR) is 122 cm³/mol. The van der Waals surface area contributed by atoms with Gasteiger partial charge in [-0.05, 0) is 60.7 Å². The molecule has 4 fully saturated rings. The first-order chi connectivity index (χ1) is 15.1. The van der Waals surface area contributed by atoms with Crippen molar-refractivity contribution in [1.82, 2.24) is 15.1 Å². The van der Waals surface area contributed by atoms with Crippen LogP contribution >= 0.6 is 0 Å². The van der Waals surface area contributed by atoms with Crippen molar-refractivity contribution in [1.29, 1.82) is 0 Å². The molecular weight excluding hydrogens is 422 g/mol. The average Bonchev–Trinajstić information content (AvgIpc) is 3.01. The molecule has 2 heterocycles. The lowest BCUT2D eigenvalue weighted by atomic mass is 9.64. The maximum atomic E-state index is 13.2. The Morgan fingerprint density at radius 1 is 1.00 bits per heavy atom. The van der Waals surface area contributed by atoms with Crippen molar-refractivity contribution in [2.45, 2.75) is 91.6 Å². The number of esters is 1. The Hall–Kier alpha value is -2.12. The fourth-order valence-corrected chi connectivity index (χ4v) is 7.80. The molecule has 184 valence electrons. The van der Waals surface area contributed by atoms with Gasteiger partial charge in [-0.25, -0.2) is 4.79 Å². The number of carbonyl (C=O) groups excluding carboxylic acids is 4. The summed E-state index contributed by atoms with van der Waals surface area (Å²) in [6.45, 7) is 12.8. The Morgan fingerprint density at radius 3 is 2.33 bits per heavy atom. The van der Waals surface area contributed by atoms with Gasteiger partial charge in [0.05, 0.1) is 0 Å². The summed E-state index contributed by atoms with van der Waals surface area (Å²) in [5.74, 6) is -1.01. The van der Waals surface area contributed by atoms with E-state index in [2.05, 4.69) is 46.9 Å². The highest BCUT2D eigenvalue weighted by atomic mass is 16.5. The molecule has 0 unspecified atom stereocenters. The average molecular weight is 462 g/mol. The second-order valence-electron chi connectivity index (χ2n) is 13.2. The van der Waals surface area contributed by atoms with E-state index in [0.717, 1.165) is 30.6 Å². The van der Waals surface area contributed by atoms with E-state index in [-0.39, 0.29) is 46.6 Å². The van der Waals surface area contributed by atoms with Crippen LogP contribution in [0.15, 0.2) is 0 Å². The first kappa shape index (κ1) is 24.0. The molecule has 1 N–H and O–H groups in total. The van der Waals surface area contributed by atoms with E-state index >= 15 is 0 Å². The molecule has 4 aliphatic rings. The van der Waals surface area contributed by atoms with Crippen LogP contribution in [-0.2, 0) is 19.1 Å². The summed E-state index contributed by atoms with van der Waals surface area (Å²) in [5, 5.41) is 2.86. The highest BCUT2D eigenvalue weighted by Gasteiger charge is 2.56. The number of ether oxygens (including phenoxy) is 1. The smallest absolute Gasteiger partial charge is 0.326 e. The second kappa shape index (κ2) is 7.70. The lowest BCUT2D eigenvalue weighted by molar-refractivity contribution is -0.154. The molecule has 0 radical (unpaired) electrons. The highest BCUT2D eigenvalue weighted by molar-refractivity contribution is 6.08. The molecule has 2 saturated heterocycles. The summed E-state index contributed by atoms with van der Waals surface area (Å²) in [4.78, 5) is 53.9. The van der Waals surface area contributed by atoms with E-state index in [9.17, 15) is 19.2 Å². The van der Waals surface area contributed by atoms with Crippen molar-refractivity contribution >= 4 is 23.8 Å². The Balaban J connectivity index is 1.34. The third-order valence-corrected chi connectivity index (χ3v) is 8.00. The van der Waals surface area contributed by atoms with Crippen LogP contribution in [0.2, 0.25) is 0 Å². The van der Waals surface area contributed by atoms with Gasteiger partial charge in [0.2, 0.25) is 0 Å². The molecule has 0 aromatic rings. The topological polar surface area (TPSA) is 96.0 Å². The fraction of sp³-hybridized carbons (Fsp3) is 0.840. The van der Waals surface area contributed by atoms with Crippen LogP contribution in [0, 0.1) is 22.2 Å². The van der Waals surface area contributed by atoms with Gasteiger partial charge in [-0.3, -0.25) is 19.3 Å². The molecule has 0 aromatic carbocycles. The van der Waals surface area contributed by atoms with Crippen LogP contribution in [0.1, 0.15) is 80.1 Å². The molecule has 4 amide bonds. The molecule has 4 rings (SSSR count). The number of likely N-dealkylation sites (tertiary alicyclic amines) is 1. The fourth-order valence-electron chi connectivity index (χ4n) is 7.80. The number of nitrogens with one attached hydrogen (secondary N) is 1. The minimum atomic E-state index is -0.955. The van der Waals surface area contributed by atoms with Crippen molar-refractivity contribution in [2.75, 3.05) is 19.7 Å². The number of fused-ring (bicyclic) bond motifs is 2. The van der Waals surface area contributed by atoms with Gasteiger partial charge < -0.3 is 15.0 Å². The lowest BCUT2D eigenvalue weighted by Gasteiger charge is -2.43. The zero-order valence-electron chi connectivity index (χ0n) is 21.0. The number of amides is 4. The molecule has 33 heavy (non-hydrogen) atoms. The van der Waals surface area contributed by atoms with E-state index in [1.165, 1.54) is 0 Å². The molecular formula is C25H39N3O5. The van der Waals surface area contributed by atoms with Crippen molar-refractivity contribution in [3.05, 3.63) is 0 Å². The van der Waals surface area contributed by atoms with Crippen molar-refractivity contribution < 1.29 is 23.9 Å². The molecule has 4 atom stereocenters. The summed E-state index contributed by atoms with van der Waals surface area (Å²) >= 11 is 0. The van der Waals surface area contributed by atoms with E-state index in [0.29, 0.717) is 19.4 Å². The van der Waals surface area contributed by atoms with E-state index < -0.39 is 24.1 Å². The minimum Gasteiger partial charge on any atom is -0.454 e. The van der Waals surface area contributed by atoms with Crippen LogP contribution in [0.25, 0.3) is 0 Å². The number of rotatable bonds is 4. The quantitative estimate of drug-likeness (QED) is 0.513. The highest BCUT2D eigenvalue weighted by Crippen LogP contribution is 2.52. The van der Waals surface area contributed by atoms with Gasteiger partial charge in [-0.2, -0.15) is 0 Å². The number of hydrogen-bond donors (Lipinski definition) is 1. The van der Waals surface area contributed by atoms with Gasteiger partial charge in [-0.1, -0.05) is 41.5 Å². The minimum absolute atomic E-state index is 0.0808. The van der Waals surface area contributed by atoms with Crippen molar-refractivity contribution in [2.24, 2.45) is 22.2 Å². The lowest BCUT2D eigenvalue weighted by Crippen LogP contribution is -2.54. The Labute approximate surface area is 196 Å². The summed E-state index contributed by atoms with van der Waals surface area (Å²) in [5.41, 5.74) is -0.744. The molecule has 2 bridgehead atoms. The maximum Gasteiger partial charge on any atom is 0.326 e. The van der Waals surface area contributed by atoms with Gasteiger partial charge >= 0.3 is 12.0 Å². The first-order valence-electron chi connectivity index (χ1n) is 12.2. The van der Waals surface area contributed by atoms with Gasteiger partial charge in [0.25, 0.3) is 11.8 Å². The van der Waals surface area contributed by atoms with Crippen LogP contribution in [0.3, 0.4) is 0 Å². The largest absolute Gasteiger partial charge is 0.454 e. The first-order valence-corrected chi connectivity index (χ1v) is 12.2. The normalized spacial score (nSPS) is 36.8. The van der Waals surface area contributed by atoms with E-state index in [4.69, 9.17) is 4.74 Å².